The summed E-state index contributed by atoms with van der Waals surface area (Å²) in [5.74, 6) is 0.411. The standard InChI is InChI=1S/C19H16F3N3O2S/c1-27-16-4-2-3-15(11-16)25-10-9-23-18(25)28-12-17(26)24-14-7-5-13(6-8-14)19(20,21)22/h2-11H,12H2,1H3,(H,24,26). The number of ether oxygens (including phenoxy) is 1. The second-order valence-electron chi connectivity index (χ2n) is 5.69. The van der Waals surface area contributed by atoms with E-state index in [9.17, 15) is 18.0 Å². The highest BCUT2D eigenvalue weighted by atomic mass is 32.2. The number of nitrogens with one attached hydrogen (secondary N) is 1. The lowest BCUT2D eigenvalue weighted by Crippen LogP contribution is -2.15. The molecular weight excluding hydrogens is 391 g/mol. The van der Waals surface area contributed by atoms with Crippen LogP contribution in [0.25, 0.3) is 5.69 Å². The van der Waals surface area contributed by atoms with Crippen molar-refractivity contribution >= 4 is 23.4 Å². The summed E-state index contributed by atoms with van der Waals surface area (Å²) in [5, 5.41) is 3.18. The monoisotopic (exact) mass is 407 g/mol. The molecule has 1 N–H and O–H groups in total. The normalized spacial score (nSPS) is 11.3. The number of anilines is 1. The van der Waals surface area contributed by atoms with Crippen LogP contribution in [0.1, 0.15) is 5.56 Å². The van der Waals surface area contributed by atoms with Crippen LogP contribution in [0.15, 0.2) is 66.1 Å². The highest BCUT2D eigenvalue weighted by Gasteiger charge is 2.29. The third-order valence-corrected chi connectivity index (χ3v) is 4.73. The smallest absolute Gasteiger partial charge is 0.416 e. The van der Waals surface area contributed by atoms with Gasteiger partial charge in [-0.3, -0.25) is 9.36 Å². The number of hydrogen-bond acceptors (Lipinski definition) is 4. The van der Waals surface area contributed by atoms with Gasteiger partial charge in [0.25, 0.3) is 0 Å². The van der Waals surface area contributed by atoms with E-state index in [0.717, 1.165) is 17.8 Å². The Morgan fingerprint density at radius 3 is 2.64 bits per heavy atom. The number of amides is 1. The van der Waals surface area contributed by atoms with Gasteiger partial charge in [-0.05, 0) is 36.4 Å². The number of halogens is 3. The van der Waals surface area contributed by atoms with E-state index in [1.807, 2.05) is 28.8 Å². The molecule has 0 radical (unpaired) electrons. The van der Waals surface area contributed by atoms with E-state index in [2.05, 4.69) is 10.3 Å². The molecule has 3 rings (SSSR count). The molecule has 0 bridgehead atoms. The van der Waals surface area contributed by atoms with Crippen LogP contribution in [-0.4, -0.2) is 28.3 Å². The number of hydrogen-bond donors (Lipinski definition) is 1. The number of carbonyl (C=O) groups excluding carboxylic acids is 1. The molecule has 0 aliphatic heterocycles. The summed E-state index contributed by atoms with van der Waals surface area (Å²) >= 11 is 1.22. The molecule has 28 heavy (non-hydrogen) atoms. The second kappa shape index (κ2) is 8.39. The predicted molar refractivity (Wildman–Crippen MR) is 101 cm³/mol. The van der Waals surface area contributed by atoms with Crippen LogP contribution in [-0.2, 0) is 11.0 Å². The summed E-state index contributed by atoms with van der Waals surface area (Å²) in [6.07, 6.45) is -1.02. The molecule has 0 unspecified atom stereocenters. The number of methoxy groups -OCH3 is 1. The van der Waals surface area contributed by atoms with E-state index in [1.54, 1.807) is 19.5 Å². The number of alkyl halides is 3. The fourth-order valence-corrected chi connectivity index (χ4v) is 3.20. The zero-order valence-electron chi connectivity index (χ0n) is 14.7. The van der Waals surface area contributed by atoms with Gasteiger partial charge in [-0.2, -0.15) is 13.2 Å². The first-order chi connectivity index (χ1) is 13.4. The van der Waals surface area contributed by atoms with E-state index < -0.39 is 11.7 Å². The number of carbonyl (C=O) groups is 1. The average molecular weight is 407 g/mol. The Balaban J connectivity index is 1.62. The summed E-state index contributed by atoms with van der Waals surface area (Å²) in [7, 11) is 1.58. The highest BCUT2D eigenvalue weighted by molar-refractivity contribution is 7.99. The van der Waals surface area contributed by atoms with E-state index in [-0.39, 0.29) is 11.7 Å². The van der Waals surface area contributed by atoms with Crippen LogP contribution in [0.3, 0.4) is 0 Å². The van der Waals surface area contributed by atoms with Gasteiger partial charge < -0.3 is 10.1 Å². The van der Waals surface area contributed by atoms with Gasteiger partial charge in [0.2, 0.25) is 5.91 Å². The maximum Gasteiger partial charge on any atom is 0.416 e. The fourth-order valence-electron chi connectivity index (χ4n) is 2.42. The number of imidazole rings is 1. The number of thioether (sulfide) groups is 1. The first-order valence-electron chi connectivity index (χ1n) is 8.14. The molecule has 2 aromatic carbocycles. The second-order valence-corrected chi connectivity index (χ2v) is 6.64. The molecular formula is C19H16F3N3O2S. The van der Waals surface area contributed by atoms with Gasteiger partial charge in [0.1, 0.15) is 5.75 Å². The van der Waals surface area contributed by atoms with Crippen LogP contribution in [0.5, 0.6) is 5.75 Å². The van der Waals surface area contributed by atoms with Crippen molar-refractivity contribution in [3.8, 4) is 11.4 Å². The Bertz CT molecular complexity index is 956. The lowest BCUT2D eigenvalue weighted by atomic mass is 10.2. The van der Waals surface area contributed by atoms with Crippen molar-refractivity contribution in [1.29, 1.82) is 0 Å². The van der Waals surface area contributed by atoms with Crippen molar-refractivity contribution in [3.05, 3.63) is 66.5 Å². The molecule has 0 fully saturated rings. The minimum absolute atomic E-state index is 0.0575. The molecule has 0 saturated heterocycles. The van der Waals surface area contributed by atoms with Crippen molar-refractivity contribution in [3.63, 3.8) is 0 Å². The molecule has 0 aliphatic carbocycles. The van der Waals surface area contributed by atoms with Gasteiger partial charge in [-0.1, -0.05) is 17.8 Å². The first kappa shape index (κ1) is 19.8. The van der Waals surface area contributed by atoms with Gasteiger partial charge in [-0.25, -0.2) is 4.98 Å². The van der Waals surface area contributed by atoms with E-state index >= 15 is 0 Å². The van der Waals surface area contributed by atoms with Gasteiger partial charge in [0.05, 0.1) is 24.1 Å². The molecule has 9 heteroatoms. The number of nitrogens with zero attached hydrogens (tertiary/aromatic N) is 2. The molecule has 0 aliphatic rings. The topological polar surface area (TPSA) is 56.2 Å². The van der Waals surface area contributed by atoms with Crippen molar-refractivity contribution in [1.82, 2.24) is 9.55 Å². The number of benzene rings is 2. The summed E-state index contributed by atoms with van der Waals surface area (Å²) in [6.45, 7) is 0. The molecule has 5 nitrogen and oxygen atoms in total. The highest BCUT2D eigenvalue weighted by Crippen LogP contribution is 2.30. The van der Waals surface area contributed by atoms with E-state index in [0.29, 0.717) is 16.6 Å². The molecule has 1 heterocycles. The largest absolute Gasteiger partial charge is 0.497 e. The molecule has 0 saturated carbocycles. The summed E-state index contributed by atoms with van der Waals surface area (Å²) in [4.78, 5) is 16.4. The maximum atomic E-state index is 12.6. The Kier molecular flexibility index (Phi) is 5.93. The van der Waals surface area contributed by atoms with Gasteiger partial charge >= 0.3 is 6.18 Å². The quantitative estimate of drug-likeness (QED) is 0.606. The summed E-state index contributed by atoms with van der Waals surface area (Å²) in [5.41, 5.74) is 0.373. The lowest BCUT2D eigenvalue weighted by Gasteiger charge is -2.10. The molecule has 3 aromatic rings. The Hall–Kier alpha value is -2.94. The van der Waals surface area contributed by atoms with Crippen LogP contribution >= 0.6 is 11.8 Å². The van der Waals surface area contributed by atoms with Crippen LogP contribution < -0.4 is 10.1 Å². The van der Waals surface area contributed by atoms with Crippen molar-refractivity contribution in [2.75, 3.05) is 18.2 Å². The van der Waals surface area contributed by atoms with E-state index in [1.165, 1.54) is 23.9 Å². The Morgan fingerprint density at radius 2 is 1.96 bits per heavy atom. The fraction of sp³-hybridized carbons (Fsp3) is 0.158. The van der Waals surface area contributed by atoms with Crippen molar-refractivity contribution < 1.29 is 22.7 Å². The van der Waals surface area contributed by atoms with Crippen LogP contribution in [0.2, 0.25) is 0 Å². The average Bonchev–Trinajstić information content (AvgIpc) is 3.15. The molecule has 0 atom stereocenters. The van der Waals surface area contributed by atoms with Gasteiger partial charge in [0.15, 0.2) is 5.16 Å². The third kappa shape index (κ3) is 4.86. The maximum absolute atomic E-state index is 12.6. The minimum Gasteiger partial charge on any atom is -0.497 e. The predicted octanol–water partition coefficient (Wildman–Crippen LogP) is 4.63. The molecule has 1 amide bonds. The SMILES string of the molecule is COc1cccc(-n2ccnc2SCC(=O)Nc2ccc(C(F)(F)F)cc2)c1. The minimum atomic E-state index is -4.41. The summed E-state index contributed by atoms with van der Waals surface area (Å²) in [6, 6.07) is 11.7. The number of aromatic nitrogens is 2. The molecule has 0 spiro atoms. The van der Waals surface area contributed by atoms with Gasteiger partial charge in [0, 0.05) is 24.1 Å². The van der Waals surface area contributed by atoms with Crippen LogP contribution in [0, 0.1) is 0 Å². The Morgan fingerprint density at radius 1 is 1.21 bits per heavy atom. The van der Waals surface area contributed by atoms with Crippen LogP contribution in [0.4, 0.5) is 18.9 Å². The van der Waals surface area contributed by atoms with Crippen molar-refractivity contribution in [2.45, 2.75) is 11.3 Å². The van der Waals surface area contributed by atoms with E-state index in [4.69, 9.17) is 4.74 Å². The first-order valence-corrected chi connectivity index (χ1v) is 9.13. The molecule has 146 valence electrons. The lowest BCUT2D eigenvalue weighted by molar-refractivity contribution is -0.137. The van der Waals surface area contributed by atoms with Gasteiger partial charge in [-0.15, -0.1) is 0 Å². The summed E-state index contributed by atoms with van der Waals surface area (Å²) < 4.78 is 44.8. The Labute approximate surface area is 163 Å². The zero-order chi connectivity index (χ0) is 20.1. The molecule has 1 aromatic heterocycles. The third-order valence-electron chi connectivity index (χ3n) is 3.77. The number of rotatable bonds is 6. The van der Waals surface area contributed by atoms with Crippen molar-refractivity contribution in [2.24, 2.45) is 0 Å². The zero-order valence-corrected chi connectivity index (χ0v) is 15.6.